The standard InChI is InChI=1S/C18H28N2O2/c1-17(2,3)22-16(21)20-13-15(19)18(11-7-8-12-18)14-9-5-4-6-10-14/h4-6,9-10,15H,7-8,11-13,19H2,1-3H3,(H,20,21). The van der Waals surface area contributed by atoms with Gasteiger partial charge in [-0.3, -0.25) is 0 Å². The Balaban J connectivity index is 2.02. The van der Waals surface area contributed by atoms with E-state index in [4.69, 9.17) is 10.5 Å². The van der Waals surface area contributed by atoms with E-state index in [0.29, 0.717) is 6.54 Å². The molecule has 1 aliphatic rings. The molecule has 2 rings (SSSR count). The fraction of sp³-hybridized carbons (Fsp3) is 0.611. The molecule has 1 aromatic rings. The van der Waals surface area contributed by atoms with Gasteiger partial charge in [0.15, 0.2) is 0 Å². The number of alkyl carbamates (subject to hydrolysis) is 1. The minimum atomic E-state index is -0.487. The third-order valence-corrected chi connectivity index (χ3v) is 4.42. The van der Waals surface area contributed by atoms with E-state index < -0.39 is 11.7 Å². The Hall–Kier alpha value is -1.55. The number of nitrogens with two attached hydrogens (primary N) is 1. The predicted octanol–water partition coefficient (Wildman–Crippen LogP) is 3.35. The average Bonchev–Trinajstić information content (AvgIpc) is 2.95. The van der Waals surface area contributed by atoms with Crippen molar-refractivity contribution in [2.75, 3.05) is 6.54 Å². The van der Waals surface area contributed by atoms with E-state index in [1.807, 2.05) is 26.8 Å². The van der Waals surface area contributed by atoms with Crippen LogP contribution in [0.15, 0.2) is 30.3 Å². The topological polar surface area (TPSA) is 64.3 Å². The van der Waals surface area contributed by atoms with Gasteiger partial charge in [0, 0.05) is 18.0 Å². The van der Waals surface area contributed by atoms with Crippen LogP contribution in [0.2, 0.25) is 0 Å². The first-order valence-corrected chi connectivity index (χ1v) is 8.11. The number of hydrogen-bond acceptors (Lipinski definition) is 3. The molecular formula is C18H28N2O2. The molecular weight excluding hydrogens is 276 g/mol. The minimum absolute atomic E-state index is 0.0315. The number of rotatable bonds is 4. The number of carbonyl (C=O) groups is 1. The fourth-order valence-electron chi connectivity index (χ4n) is 3.35. The smallest absolute Gasteiger partial charge is 0.407 e. The average molecular weight is 304 g/mol. The third kappa shape index (κ3) is 4.01. The van der Waals surface area contributed by atoms with E-state index in [0.717, 1.165) is 12.8 Å². The van der Waals surface area contributed by atoms with Gasteiger partial charge in [0.25, 0.3) is 0 Å². The molecule has 1 fully saturated rings. The highest BCUT2D eigenvalue weighted by atomic mass is 16.6. The first kappa shape index (κ1) is 16.8. The summed E-state index contributed by atoms with van der Waals surface area (Å²) in [5.74, 6) is 0. The van der Waals surface area contributed by atoms with Crippen molar-refractivity contribution in [3.8, 4) is 0 Å². The fourth-order valence-corrected chi connectivity index (χ4v) is 3.35. The highest BCUT2D eigenvalue weighted by Crippen LogP contribution is 2.43. The molecule has 1 atom stereocenters. The van der Waals surface area contributed by atoms with Crippen molar-refractivity contribution in [1.29, 1.82) is 0 Å². The third-order valence-electron chi connectivity index (χ3n) is 4.42. The SMILES string of the molecule is CC(C)(C)OC(=O)NCC(N)C1(c2ccccc2)CCCC1. The van der Waals surface area contributed by atoms with Gasteiger partial charge in [0.1, 0.15) is 5.60 Å². The summed E-state index contributed by atoms with van der Waals surface area (Å²) in [5.41, 5.74) is 7.25. The van der Waals surface area contributed by atoms with Crippen LogP contribution in [0.4, 0.5) is 4.79 Å². The van der Waals surface area contributed by atoms with E-state index in [-0.39, 0.29) is 11.5 Å². The maximum absolute atomic E-state index is 11.8. The van der Waals surface area contributed by atoms with Crippen molar-refractivity contribution in [2.24, 2.45) is 5.73 Å². The lowest BCUT2D eigenvalue weighted by atomic mass is 9.73. The number of carbonyl (C=O) groups excluding carboxylic acids is 1. The summed E-state index contributed by atoms with van der Waals surface area (Å²) in [5, 5.41) is 2.82. The second-order valence-corrected chi connectivity index (χ2v) is 7.22. The zero-order chi connectivity index (χ0) is 16.2. The molecule has 0 saturated heterocycles. The summed E-state index contributed by atoms with van der Waals surface area (Å²) in [6.07, 6.45) is 4.14. The van der Waals surface area contributed by atoms with Crippen molar-refractivity contribution < 1.29 is 9.53 Å². The summed E-state index contributed by atoms with van der Waals surface area (Å²) in [4.78, 5) is 11.8. The van der Waals surface area contributed by atoms with Crippen LogP contribution in [0.25, 0.3) is 0 Å². The zero-order valence-corrected chi connectivity index (χ0v) is 13.9. The van der Waals surface area contributed by atoms with Crippen LogP contribution in [0, 0.1) is 0 Å². The molecule has 1 aliphatic carbocycles. The van der Waals surface area contributed by atoms with Gasteiger partial charge in [0.2, 0.25) is 0 Å². The van der Waals surface area contributed by atoms with Crippen molar-refractivity contribution in [1.82, 2.24) is 5.32 Å². The van der Waals surface area contributed by atoms with Gasteiger partial charge >= 0.3 is 6.09 Å². The second kappa shape index (κ2) is 6.69. The Labute approximate surface area is 133 Å². The monoisotopic (exact) mass is 304 g/mol. The van der Waals surface area contributed by atoms with Gasteiger partial charge in [-0.25, -0.2) is 4.79 Å². The molecule has 1 saturated carbocycles. The van der Waals surface area contributed by atoms with Crippen LogP contribution in [0.5, 0.6) is 0 Å². The molecule has 0 heterocycles. The Kier molecular flexibility index (Phi) is 5.12. The molecule has 0 bridgehead atoms. The van der Waals surface area contributed by atoms with Crippen LogP contribution in [-0.4, -0.2) is 24.3 Å². The quantitative estimate of drug-likeness (QED) is 0.896. The largest absolute Gasteiger partial charge is 0.444 e. The van der Waals surface area contributed by atoms with Crippen LogP contribution < -0.4 is 11.1 Å². The first-order chi connectivity index (χ1) is 10.3. The van der Waals surface area contributed by atoms with E-state index >= 15 is 0 Å². The van der Waals surface area contributed by atoms with Gasteiger partial charge < -0.3 is 15.8 Å². The van der Waals surface area contributed by atoms with Gasteiger partial charge in [-0.2, -0.15) is 0 Å². The van der Waals surface area contributed by atoms with Crippen molar-refractivity contribution in [3.63, 3.8) is 0 Å². The maximum Gasteiger partial charge on any atom is 0.407 e. The molecule has 3 N–H and O–H groups in total. The van der Waals surface area contributed by atoms with Crippen LogP contribution in [-0.2, 0) is 10.2 Å². The highest BCUT2D eigenvalue weighted by Gasteiger charge is 2.41. The molecule has 0 aromatic heterocycles. The lowest BCUT2D eigenvalue weighted by Gasteiger charge is -2.36. The number of amides is 1. The highest BCUT2D eigenvalue weighted by molar-refractivity contribution is 5.67. The number of benzene rings is 1. The number of ether oxygens (including phenoxy) is 1. The summed E-state index contributed by atoms with van der Waals surface area (Å²) in [6.45, 7) is 6.00. The Morgan fingerprint density at radius 1 is 1.27 bits per heavy atom. The minimum Gasteiger partial charge on any atom is -0.444 e. The lowest BCUT2D eigenvalue weighted by molar-refractivity contribution is 0.0519. The van der Waals surface area contributed by atoms with Gasteiger partial charge in [0.05, 0.1) is 0 Å². The van der Waals surface area contributed by atoms with Crippen LogP contribution in [0.1, 0.15) is 52.0 Å². The molecule has 4 nitrogen and oxygen atoms in total. The van der Waals surface area contributed by atoms with Crippen molar-refractivity contribution >= 4 is 6.09 Å². The van der Waals surface area contributed by atoms with E-state index in [1.165, 1.54) is 18.4 Å². The van der Waals surface area contributed by atoms with Crippen molar-refractivity contribution in [3.05, 3.63) is 35.9 Å². The Morgan fingerprint density at radius 3 is 2.41 bits per heavy atom. The van der Waals surface area contributed by atoms with Gasteiger partial charge in [-0.15, -0.1) is 0 Å². The zero-order valence-electron chi connectivity index (χ0n) is 13.9. The van der Waals surface area contributed by atoms with Gasteiger partial charge in [-0.1, -0.05) is 43.2 Å². The normalized spacial score (nSPS) is 18.7. The van der Waals surface area contributed by atoms with E-state index in [9.17, 15) is 4.79 Å². The molecule has 0 spiro atoms. The molecule has 1 amide bonds. The molecule has 1 unspecified atom stereocenters. The van der Waals surface area contributed by atoms with Crippen molar-refractivity contribution in [2.45, 2.75) is 63.5 Å². The summed E-state index contributed by atoms with van der Waals surface area (Å²) in [7, 11) is 0. The summed E-state index contributed by atoms with van der Waals surface area (Å²) < 4.78 is 5.28. The molecule has 22 heavy (non-hydrogen) atoms. The molecule has 1 aromatic carbocycles. The molecule has 4 heteroatoms. The maximum atomic E-state index is 11.8. The van der Waals surface area contributed by atoms with E-state index in [2.05, 4.69) is 29.6 Å². The Morgan fingerprint density at radius 2 is 1.86 bits per heavy atom. The van der Waals surface area contributed by atoms with Gasteiger partial charge in [-0.05, 0) is 39.2 Å². The first-order valence-electron chi connectivity index (χ1n) is 8.11. The molecule has 0 aliphatic heterocycles. The summed E-state index contributed by atoms with van der Waals surface area (Å²) >= 11 is 0. The lowest BCUT2D eigenvalue weighted by Crippen LogP contribution is -2.51. The van der Waals surface area contributed by atoms with E-state index in [1.54, 1.807) is 0 Å². The number of hydrogen-bond donors (Lipinski definition) is 2. The summed E-state index contributed by atoms with van der Waals surface area (Å²) in [6, 6.07) is 10.3. The molecule has 122 valence electrons. The second-order valence-electron chi connectivity index (χ2n) is 7.22. The Bertz CT molecular complexity index is 488. The molecule has 0 radical (unpaired) electrons. The predicted molar refractivity (Wildman–Crippen MR) is 88.8 cm³/mol. The van der Waals surface area contributed by atoms with Crippen LogP contribution in [0.3, 0.4) is 0 Å². The van der Waals surface area contributed by atoms with Crippen LogP contribution >= 0.6 is 0 Å². The number of nitrogens with one attached hydrogen (secondary N) is 1.